The predicted molar refractivity (Wildman–Crippen MR) is 155 cm³/mol. The van der Waals surface area contributed by atoms with E-state index in [0.29, 0.717) is 35.0 Å². The zero-order chi connectivity index (χ0) is 27.2. The van der Waals surface area contributed by atoms with Gasteiger partial charge in [0.05, 0.1) is 30.0 Å². The van der Waals surface area contributed by atoms with Crippen molar-refractivity contribution in [2.75, 3.05) is 22.1 Å². The van der Waals surface area contributed by atoms with E-state index in [2.05, 4.69) is 25.6 Å². The number of ether oxygens (including phenoxy) is 1. The summed E-state index contributed by atoms with van der Waals surface area (Å²) in [6.07, 6.45) is 9.69. The highest BCUT2D eigenvalue weighted by atomic mass is 16.5. The molecule has 2 N–H and O–H groups in total. The van der Waals surface area contributed by atoms with Crippen molar-refractivity contribution in [2.24, 2.45) is 0 Å². The van der Waals surface area contributed by atoms with Crippen LogP contribution >= 0.6 is 0 Å². The van der Waals surface area contributed by atoms with Crippen molar-refractivity contribution in [3.8, 4) is 16.9 Å². The molecule has 5 aromatic rings. The topological polar surface area (TPSA) is 114 Å². The van der Waals surface area contributed by atoms with Crippen LogP contribution in [0.3, 0.4) is 0 Å². The molecule has 202 valence electrons. The summed E-state index contributed by atoms with van der Waals surface area (Å²) in [6, 6.07) is 15.2. The third kappa shape index (κ3) is 4.19. The van der Waals surface area contributed by atoms with Crippen LogP contribution in [-0.2, 0) is 4.79 Å². The lowest BCUT2D eigenvalue weighted by molar-refractivity contribution is -0.117. The molecule has 40 heavy (non-hydrogen) atoms. The van der Waals surface area contributed by atoms with Gasteiger partial charge in [-0.2, -0.15) is 0 Å². The quantitative estimate of drug-likeness (QED) is 0.290. The largest absolute Gasteiger partial charge is 0.485 e. The van der Waals surface area contributed by atoms with Crippen molar-refractivity contribution < 1.29 is 17.2 Å². The van der Waals surface area contributed by atoms with Crippen molar-refractivity contribution in [1.82, 2.24) is 19.4 Å². The summed E-state index contributed by atoms with van der Waals surface area (Å²) in [5.41, 5.74) is 6.14. The number of anilines is 4. The molecule has 6 heterocycles. The molecule has 1 atom stereocenters. The van der Waals surface area contributed by atoms with E-state index in [1.54, 1.807) is 35.3 Å². The highest BCUT2D eigenvalue weighted by Crippen LogP contribution is 2.44. The molecular formula is C30H29N7O3. The van der Waals surface area contributed by atoms with Crippen LogP contribution in [0.5, 0.6) is 5.75 Å². The van der Waals surface area contributed by atoms with E-state index in [9.17, 15) is 9.59 Å². The molecule has 0 spiro atoms. The Hall–Kier alpha value is -5.25. The Morgan fingerprint density at radius 3 is 2.80 bits per heavy atom. The number of pyridine rings is 3. The number of nitrogens with zero attached hydrogens (tertiary/aromatic N) is 5. The molecule has 2 aliphatic heterocycles. The zero-order valence-corrected chi connectivity index (χ0v) is 21.7. The first-order valence-corrected chi connectivity index (χ1v) is 13.1. The number of benzene rings is 1. The summed E-state index contributed by atoms with van der Waals surface area (Å²) < 4.78 is 8.00. The molecule has 1 aromatic carbocycles. The predicted octanol–water partition coefficient (Wildman–Crippen LogP) is 5.86. The molecule has 1 fully saturated rings. The van der Waals surface area contributed by atoms with E-state index < -0.39 is 0 Å². The molecule has 0 aliphatic carbocycles. The van der Waals surface area contributed by atoms with Crippen LogP contribution < -0.4 is 20.3 Å². The fourth-order valence-corrected chi connectivity index (χ4v) is 5.29. The minimum absolute atomic E-state index is 0. The summed E-state index contributed by atoms with van der Waals surface area (Å²) in [5.74, 6) is 1.24. The van der Waals surface area contributed by atoms with Gasteiger partial charge in [-0.15, -0.1) is 0 Å². The molecule has 4 aromatic heterocycles. The highest BCUT2D eigenvalue weighted by Gasteiger charge is 2.27. The second-order valence-electron chi connectivity index (χ2n) is 9.86. The Labute approximate surface area is 232 Å². The van der Waals surface area contributed by atoms with Gasteiger partial charge in [0.2, 0.25) is 5.91 Å². The van der Waals surface area contributed by atoms with Gasteiger partial charge in [0.1, 0.15) is 29.0 Å². The monoisotopic (exact) mass is 535 g/mol. The van der Waals surface area contributed by atoms with Gasteiger partial charge in [-0.3, -0.25) is 19.0 Å². The zero-order valence-electron chi connectivity index (χ0n) is 21.7. The molecule has 1 saturated heterocycles. The molecule has 0 bridgehead atoms. The standard InChI is InChI=1S/C30H25N7O3.2H2/c1-18-23-13-27(32-16-24(23)22-8-7-21(12-26(22)40-18)36-10-4-6-29(36)38)34-19-11-20(15-31-14-19)35-30(39)25-17-33-28-5-2-3-9-37(25)28;;/h2-3,5,7-9,11-18H,4,6,10H2,1H3,(H,32,34)(H,35,39);2*1H. The van der Waals surface area contributed by atoms with Crippen LogP contribution in [0.4, 0.5) is 22.9 Å². The third-order valence-electron chi connectivity index (χ3n) is 7.24. The average Bonchev–Trinajstić information content (AvgIpc) is 3.59. The lowest BCUT2D eigenvalue weighted by Gasteiger charge is -2.28. The van der Waals surface area contributed by atoms with Gasteiger partial charge in [-0.05, 0) is 49.7 Å². The Morgan fingerprint density at radius 1 is 1.02 bits per heavy atom. The summed E-state index contributed by atoms with van der Waals surface area (Å²) in [5, 5.41) is 6.18. The van der Waals surface area contributed by atoms with Crippen LogP contribution in [0.1, 0.15) is 44.8 Å². The first-order valence-electron chi connectivity index (χ1n) is 13.1. The van der Waals surface area contributed by atoms with Crippen LogP contribution in [0, 0.1) is 0 Å². The van der Waals surface area contributed by atoms with Gasteiger partial charge in [-0.25, -0.2) is 9.97 Å². The van der Waals surface area contributed by atoms with Gasteiger partial charge in [0.25, 0.3) is 5.91 Å². The second kappa shape index (κ2) is 9.49. The van der Waals surface area contributed by atoms with E-state index in [-0.39, 0.29) is 20.8 Å². The maximum Gasteiger partial charge on any atom is 0.274 e. The van der Waals surface area contributed by atoms with Gasteiger partial charge in [0.15, 0.2) is 0 Å². The van der Waals surface area contributed by atoms with Crippen molar-refractivity contribution in [3.63, 3.8) is 0 Å². The lowest BCUT2D eigenvalue weighted by Crippen LogP contribution is -2.24. The molecule has 7 rings (SSSR count). The summed E-state index contributed by atoms with van der Waals surface area (Å²) in [4.78, 5) is 40.1. The molecular weight excluding hydrogens is 506 g/mol. The smallest absolute Gasteiger partial charge is 0.274 e. The number of hydrogen-bond donors (Lipinski definition) is 2. The maximum atomic E-state index is 12.9. The van der Waals surface area contributed by atoms with Crippen LogP contribution in [0.2, 0.25) is 0 Å². The number of amides is 2. The van der Waals surface area contributed by atoms with E-state index in [1.165, 1.54) is 0 Å². The first kappa shape index (κ1) is 23.8. The van der Waals surface area contributed by atoms with Crippen molar-refractivity contribution in [2.45, 2.75) is 25.9 Å². The van der Waals surface area contributed by atoms with Crippen LogP contribution in [0.15, 0.2) is 79.5 Å². The SMILES string of the molecule is CC1Oc2cc(N3CCCC3=O)ccc2-c2cnc(Nc3cncc(NC(=O)c4cnc5ccccn45)c3)cc21.[HH].[HH]. The Kier molecular flexibility index (Phi) is 5.66. The summed E-state index contributed by atoms with van der Waals surface area (Å²) in [7, 11) is 0. The van der Waals surface area contributed by atoms with E-state index >= 15 is 0 Å². The van der Waals surface area contributed by atoms with Crippen molar-refractivity contribution in [3.05, 3.63) is 90.8 Å². The minimum atomic E-state index is -0.286. The van der Waals surface area contributed by atoms with Gasteiger partial charge < -0.3 is 20.3 Å². The number of aromatic nitrogens is 4. The molecule has 2 amide bonds. The summed E-state index contributed by atoms with van der Waals surface area (Å²) >= 11 is 0. The normalized spacial score (nSPS) is 15.9. The number of hydrogen-bond acceptors (Lipinski definition) is 7. The number of imidazole rings is 1. The van der Waals surface area contributed by atoms with Gasteiger partial charge in [-0.1, -0.05) is 6.07 Å². The molecule has 10 heteroatoms. The van der Waals surface area contributed by atoms with Gasteiger partial charge >= 0.3 is 0 Å². The molecule has 2 aliphatic rings. The van der Waals surface area contributed by atoms with E-state index in [0.717, 1.165) is 41.1 Å². The van der Waals surface area contributed by atoms with Crippen LogP contribution in [0.25, 0.3) is 16.8 Å². The maximum absolute atomic E-state index is 12.9. The molecule has 0 radical (unpaired) electrons. The van der Waals surface area contributed by atoms with Crippen molar-refractivity contribution >= 4 is 40.3 Å². The molecule has 1 unspecified atom stereocenters. The van der Waals surface area contributed by atoms with E-state index in [1.807, 2.05) is 60.5 Å². The first-order chi connectivity index (χ1) is 19.5. The molecule has 0 saturated carbocycles. The Balaban J connectivity index is 0.00000176. The fourth-order valence-electron chi connectivity index (χ4n) is 5.29. The minimum Gasteiger partial charge on any atom is -0.485 e. The summed E-state index contributed by atoms with van der Waals surface area (Å²) in [6.45, 7) is 2.73. The Bertz CT molecular complexity index is 1810. The number of carbonyl (C=O) groups excluding carboxylic acids is 2. The number of carbonyl (C=O) groups is 2. The van der Waals surface area contributed by atoms with Crippen LogP contribution in [-0.4, -0.2) is 37.7 Å². The number of fused-ring (bicyclic) bond motifs is 4. The highest BCUT2D eigenvalue weighted by molar-refractivity contribution is 6.03. The fraction of sp³-hybridized carbons (Fsp3) is 0.167. The third-order valence-corrected chi connectivity index (χ3v) is 7.24. The van der Waals surface area contributed by atoms with E-state index in [4.69, 9.17) is 4.74 Å². The number of rotatable bonds is 5. The van der Waals surface area contributed by atoms with Crippen molar-refractivity contribution in [1.29, 1.82) is 0 Å². The average molecular weight is 536 g/mol. The second-order valence-corrected chi connectivity index (χ2v) is 9.86. The number of nitrogens with one attached hydrogen (secondary N) is 2. The Morgan fingerprint density at radius 2 is 1.93 bits per heavy atom. The molecule has 10 nitrogen and oxygen atoms in total. The van der Waals surface area contributed by atoms with Gasteiger partial charge in [0, 0.05) is 56.7 Å². The lowest BCUT2D eigenvalue weighted by atomic mass is 9.94.